The third-order valence-corrected chi connectivity index (χ3v) is 4.71. The van der Waals surface area contributed by atoms with E-state index in [1.165, 1.54) is 12.8 Å². The summed E-state index contributed by atoms with van der Waals surface area (Å²) in [5.74, 6) is -0.643. The molecule has 1 heterocycles. The number of unbranched alkanes of at least 4 members (excludes halogenated alkanes) is 3. The maximum absolute atomic E-state index is 12.6. The van der Waals surface area contributed by atoms with Crippen molar-refractivity contribution in [2.45, 2.75) is 52.4 Å². The number of carbonyl (C=O) groups excluding carboxylic acids is 2. The zero-order valence-electron chi connectivity index (χ0n) is 13.9. The smallest absolute Gasteiger partial charge is 0.235 e. The van der Waals surface area contributed by atoms with Gasteiger partial charge in [-0.25, -0.2) is 0 Å². The third-order valence-electron chi connectivity index (χ3n) is 4.71. The minimum atomic E-state index is -0.347. The molecule has 2 aromatic rings. The highest BCUT2D eigenvalue weighted by Gasteiger charge is 2.34. The predicted molar refractivity (Wildman–Crippen MR) is 93.6 cm³/mol. The molecule has 0 spiro atoms. The van der Waals surface area contributed by atoms with Crippen molar-refractivity contribution in [1.82, 2.24) is 4.98 Å². The van der Waals surface area contributed by atoms with Crippen LogP contribution in [0.25, 0.3) is 16.5 Å². The summed E-state index contributed by atoms with van der Waals surface area (Å²) in [6, 6.07) is 7.72. The van der Waals surface area contributed by atoms with E-state index in [2.05, 4.69) is 18.8 Å². The van der Waals surface area contributed by atoms with Crippen molar-refractivity contribution in [3.8, 4) is 0 Å². The average Bonchev–Trinajstić information content (AvgIpc) is 2.95. The van der Waals surface area contributed by atoms with Gasteiger partial charge in [-0.1, -0.05) is 51.3 Å². The van der Waals surface area contributed by atoms with Crippen LogP contribution in [0.5, 0.6) is 0 Å². The summed E-state index contributed by atoms with van der Waals surface area (Å²) in [7, 11) is 0. The normalized spacial score (nSPS) is 14.7. The largest absolute Gasteiger partial charge is 0.354 e. The number of aromatic nitrogens is 1. The van der Waals surface area contributed by atoms with Gasteiger partial charge in [0.2, 0.25) is 11.6 Å². The molecule has 1 aliphatic carbocycles. The first-order valence-corrected chi connectivity index (χ1v) is 8.61. The van der Waals surface area contributed by atoms with E-state index < -0.39 is 0 Å². The van der Waals surface area contributed by atoms with Gasteiger partial charge in [-0.2, -0.15) is 0 Å². The van der Waals surface area contributed by atoms with E-state index in [1.54, 1.807) is 0 Å². The lowest BCUT2D eigenvalue weighted by molar-refractivity contribution is -0.112. The van der Waals surface area contributed by atoms with E-state index in [9.17, 15) is 9.59 Å². The molecule has 23 heavy (non-hydrogen) atoms. The fourth-order valence-corrected chi connectivity index (χ4v) is 3.53. The van der Waals surface area contributed by atoms with Gasteiger partial charge in [0.15, 0.2) is 0 Å². The van der Waals surface area contributed by atoms with E-state index in [-0.39, 0.29) is 11.6 Å². The summed E-state index contributed by atoms with van der Waals surface area (Å²) in [6.45, 7) is 4.22. The van der Waals surface area contributed by atoms with Gasteiger partial charge in [0, 0.05) is 16.5 Å². The number of aromatic amines is 1. The van der Waals surface area contributed by atoms with Crippen molar-refractivity contribution in [2.24, 2.45) is 0 Å². The van der Waals surface area contributed by atoms with Crippen LogP contribution >= 0.6 is 0 Å². The van der Waals surface area contributed by atoms with Gasteiger partial charge in [0.05, 0.1) is 11.3 Å². The number of nitrogens with one attached hydrogen (secondary N) is 1. The molecule has 1 N–H and O–H groups in total. The van der Waals surface area contributed by atoms with Gasteiger partial charge in [-0.05, 0) is 30.9 Å². The van der Waals surface area contributed by atoms with Crippen molar-refractivity contribution in [3.63, 3.8) is 0 Å². The molecule has 1 aromatic carbocycles. The maximum atomic E-state index is 12.6. The van der Waals surface area contributed by atoms with Gasteiger partial charge in [0.1, 0.15) is 0 Å². The monoisotopic (exact) mass is 309 g/mol. The molecule has 0 saturated carbocycles. The topological polar surface area (TPSA) is 49.9 Å². The number of rotatable bonds is 6. The summed E-state index contributed by atoms with van der Waals surface area (Å²) >= 11 is 0. The summed E-state index contributed by atoms with van der Waals surface area (Å²) < 4.78 is 0. The predicted octanol–water partition coefficient (Wildman–Crippen LogP) is 5.07. The number of hydrogen-bond acceptors (Lipinski definition) is 2. The van der Waals surface area contributed by atoms with Crippen molar-refractivity contribution in [3.05, 3.63) is 41.1 Å². The number of Topliss-reactive ketones (excluding diaryl/α,β-unsaturated/α-hetero) is 2. The molecule has 0 bridgehead atoms. The van der Waals surface area contributed by atoms with Crippen LogP contribution in [0, 0.1) is 0 Å². The number of fused-ring (bicyclic) bond motifs is 3. The minimum absolute atomic E-state index is 0.296. The molecule has 3 rings (SSSR count). The Morgan fingerprint density at radius 3 is 2.43 bits per heavy atom. The minimum Gasteiger partial charge on any atom is -0.354 e. The Kier molecular flexibility index (Phi) is 4.46. The van der Waals surface area contributed by atoms with E-state index in [0.29, 0.717) is 12.0 Å². The molecule has 0 radical (unpaired) electrons. The van der Waals surface area contributed by atoms with Crippen LogP contribution in [0.1, 0.15) is 68.4 Å². The summed E-state index contributed by atoms with van der Waals surface area (Å²) in [5, 5.41) is 0.858. The number of allylic oxidation sites excluding steroid dienone is 2. The summed E-state index contributed by atoms with van der Waals surface area (Å²) in [4.78, 5) is 28.7. The molecule has 120 valence electrons. The second kappa shape index (κ2) is 6.53. The van der Waals surface area contributed by atoms with Gasteiger partial charge in [0.25, 0.3) is 0 Å². The Morgan fingerprint density at radius 1 is 0.913 bits per heavy atom. The number of hydrogen-bond donors (Lipinski definition) is 1. The highest BCUT2D eigenvalue weighted by molar-refractivity contribution is 6.54. The van der Waals surface area contributed by atoms with Crippen LogP contribution in [0.3, 0.4) is 0 Å². The Bertz CT molecular complexity index is 795. The second-order valence-electron chi connectivity index (χ2n) is 6.20. The van der Waals surface area contributed by atoms with Crippen LogP contribution in [0.4, 0.5) is 0 Å². The average molecular weight is 309 g/mol. The molecule has 0 saturated heterocycles. The third kappa shape index (κ3) is 2.65. The van der Waals surface area contributed by atoms with E-state index in [0.717, 1.165) is 47.0 Å². The maximum Gasteiger partial charge on any atom is 0.235 e. The van der Waals surface area contributed by atoms with Gasteiger partial charge in [-0.15, -0.1) is 0 Å². The second-order valence-corrected chi connectivity index (χ2v) is 6.20. The molecule has 1 aromatic heterocycles. The van der Waals surface area contributed by atoms with Crippen LogP contribution < -0.4 is 0 Å². The number of H-pyrrole nitrogens is 1. The number of para-hydroxylation sites is 1. The molecule has 0 aliphatic heterocycles. The molecular formula is C20H23NO2. The van der Waals surface area contributed by atoms with Gasteiger partial charge >= 0.3 is 0 Å². The van der Waals surface area contributed by atoms with Crippen LogP contribution in [0.2, 0.25) is 0 Å². The van der Waals surface area contributed by atoms with Crippen molar-refractivity contribution < 1.29 is 9.59 Å². The van der Waals surface area contributed by atoms with Crippen LogP contribution in [-0.4, -0.2) is 16.6 Å². The summed E-state index contributed by atoms with van der Waals surface area (Å²) in [6.07, 6.45) is 5.90. The fraction of sp³-hybridized carbons (Fsp3) is 0.400. The standard InChI is InChI=1S/C20H23NO2/c1-3-5-6-7-10-14-13(4-2)18-17(20(23)19(14)22)15-11-8-9-12-16(15)21-18/h8-9,11-12,21H,3-7,10H2,1-2H3. The molecule has 3 nitrogen and oxygen atoms in total. The number of ketones is 2. The molecule has 0 unspecified atom stereocenters. The lowest BCUT2D eigenvalue weighted by Gasteiger charge is -2.18. The Labute approximate surface area is 136 Å². The Hall–Kier alpha value is -2.16. The highest BCUT2D eigenvalue weighted by atomic mass is 16.2. The Balaban J connectivity index is 2.07. The quantitative estimate of drug-likeness (QED) is 0.598. The Morgan fingerprint density at radius 2 is 1.70 bits per heavy atom. The van der Waals surface area contributed by atoms with E-state index >= 15 is 0 Å². The number of carbonyl (C=O) groups is 2. The highest BCUT2D eigenvalue weighted by Crippen LogP contribution is 2.37. The van der Waals surface area contributed by atoms with Crippen LogP contribution in [-0.2, 0) is 4.79 Å². The van der Waals surface area contributed by atoms with Gasteiger partial charge in [-0.3, -0.25) is 9.59 Å². The molecule has 0 fully saturated rings. The first kappa shape index (κ1) is 15.7. The van der Waals surface area contributed by atoms with Crippen molar-refractivity contribution in [2.75, 3.05) is 0 Å². The molecule has 3 heteroatoms. The van der Waals surface area contributed by atoms with E-state index in [1.807, 2.05) is 24.3 Å². The first-order valence-electron chi connectivity index (χ1n) is 8.61. The zero-order valence-corrected chi connectivity index (χ0v) is 13.9. The van der Waals surface area contributed by atoms with Crippen molar-refractivity contribution >= 4 is 28.0 Å². The summed E-state index contributed by atoms with van der Waals surface area (Å²) in [5.41, 5.74) is 4.12. The zero-order chi connectivity index (χ0) is 16.4. The molecular weight excluding hydrogens is 286 g/mol. The first-order chi connectivity index (χ1) is 11.2. The lowest BCUT2D eigenvalue weighted by atomic mass is 9.83. The molecule has 0 amide bonds. The molecule has 1 aliphatic rings. The van der Waals surface area contributed by atoms with Crippen LogP contribution in [0.15, 0.2) is 29.8 Å². The fourth-order valence-electron chi connectivity index (χ4n) is 3.53. The number of benzene rings is 1. The van der Waals surface area contributed by atoms with Gasteiger partial charge < -0.3 is 4.98 Å². The SMILES string of the molecule is CCCCCCC1=C(CC)c2[nH]c3ccccc3c2C(=O)C1=O. The van der Waals surface area contributed by atoms with E-state index in [4.69, 9.17) is 0 Å². The van der Waals surface area contributed by atoms with Crippen molar-refractivity contribution in [1.29, 1.82) is 0 Å². The lowest BCUT2D eigenvalue weighted by Crippen LogP contribution is -2.23. The molecule has 0 atom stereocenters.